The molecule has 1 heterocycles. The summed E-state index contributed by atoms with van der Waals surface area (Å²) < 4.78 is 0. The Morgan fingerprint density at radius 3 is 2.88 bits per heavy atom. The Balaban J connectivity index is 2.37. The van der Waals surface area contributed by atoms with E-state index < -0.39 is 0 Å². The number of rotatable bonds is 6. The zero-order chi connectivity index (χ0) is 12.7. The molecule has 4 nitrogen and oxygen atoms in total. The van der Waals surface area contributed by atoms with Crippen molar-refractivity contribution in [1.29, 1.82) is 0 Å². The first kappa shape index (κ1) is 13.6. The highest BCUT2D eigenvalue weighted by atomic mass is 16.2. The van der Waals surface area contributed by atoms with Gasteiger partial charge in [-0.15, -0.1) is 0 Å². The zero-order valence-electron chi connectivity index (χ0n) is 10.6. The molecule has 1 amide bonds. The van der Waals surface area contributed by atoms with Crippen molar-refractivity contribution in [3.05, 3.63) is 30.1 Å². The second kappa shape index (κ2) is 7.01. The monoisotopic (exact) mass is 235 g/mol. The molecule has 0 spiro atoms. The van der Waals surface area contributed by atoms with Gasteiger partial charge < -0.3 is 10.6 Å². The molecule has 1 unspecified atom stereocenters. The molecule has 1 aromatic rings. The molecule has 1 rings (SSSR count). The van der Waals surface area contributed by atoms with Crippen molar-refractivity contribution < 1.29 is 4.79 Å². The average Bonchev–Trinajstić information content (AvgIpc) is 2.36. The van der Waals surface area contributed by atoms with E-state index in [-0.39, 0.29) is 5.91 Å². The lowest BCUT2D eigenvalue weighted by atomic mass is 10.1. The Morgan fingerprint density at radius 2 is 2.29 bits per heavy atom. The van der Waals surface area contributed by atoms with Crippen molar-refractivity contribution in [2.45, 2.75) is 26.3 Å². The first-order valence-electron chi connectivity index (χ1n) is 5.97. The third kappa shape index (κ3) is 4.95. The molecule has 4 heteroatoms. The summed E-state index contributed by atoms with van der Waals surface area (Å²) in [6, 6.07) is 5.72. The van der Waals surface area contributed by atoms with Crippen molar-refractivity contribution >= 4 is 5.91 Å². The van der Waals surface area contributed by atoms with Gasteiger partial charge in [0.1, 0.15) is 0 Å². The van der Waals surface area contributed by atoms with Crippen LogP contribution in [0.3, 0.4) is 0 Å². The topological polar surface area (TPSA) is 59.2 Å². The molecule has 0 aliphatic rings. The van der Waals surface area contributed by atoms with E-state index in [0.29, 0.717) is 25.4 Å². The van der Waals surface area contributed by atoms with Gasteiger partial charge in [-0.05, 0) is 31.0 Å². The highest BCUT2D eigenvalue weighted by molar-refractivity contribution is 5.75. The molecule has 0 bridgehead atoms. The number of hydrogen-bond acceptors (Lipinski definition) is 3. The van der Waals surface area contributed by atoms with E-state index in [2.05, 4.69) is 11.9 Å². The number of amides is 1. The van der Waals surface area contributed by atoms with E-state index in [4.69, 9.17) is 5.73 Å². The molecule has 17 heavy (non-hydrogen) atoms. The second-order valence-electron chi connectivity index (χ2n) is 4.45. The number of aromatic nitrogens is 1. The van der Waals surface area contributed by atoms with Crippen LogP contribution in [-0.2, 0) is 11.3 Å². The van der Waals surface area contributed by atoms with Crippen molar-refractivity contribution in [2.75, 3.05) is 13.6 Å². The van der Waals surface area contributed by atoms with Crippen LogP contribution in [-0.4, -0.2) is 29.4 Å². The van der Waals surface area contributed by atoms with Crippen LogP contribution in [0.25, 0.3) is 0 Å². The van der Waals surface area contributed by atoms with E-state index in [9.17, 15) is 4.79 Å². The molecule has 0 fully saturated rings. The number of pyridine rings is 1. The van der Waals surface area contributed by atoms with Gasteiger partial charge in [0.15, 0.2) is 0 Å². The summed E-state index contributed by atoms with van der Waals surface area (Å²) in [4.78, 5) is 17.7. The Hall–Kier alpha value is -1.42. The summed E-state index contributed by atoms with van der Waals surface area (Å²) in [6.07, 6.45) is 3.15. The van der Waals surface area contributed by atoms with E-state index in [1.165, 1.54) is 0 Å². The zero-order valence-corrected chi connectivity index (χ0v) is 10.6. The molecule has 1 aromatic heterocycles. The van der Waals surface area contributed by atoms with Gasteiger partial charge in [-0.2, -0.15) is 0 Å². The molecule has 0 saturated carbocycles. The van der Waals surface area contributed by atoms with Crippen LogP contribution < -0.4 is 5.73 Å². The van der Waals surface area contributed by atoms with Crippen molar-refractivity contribution in [2.24, 2.45) is 11.7 Å². The highest BCUT2D eigenvalue weighted by Crippen LogP contribution is 2.07. The minimum atomic E-state index is 0.149. The Bertz CT molecular complexity index is 340. The number of hydrogen-bond donors (Lipinski definition) is 1. The van der Waals surface area contributed by atoms with Crippen LogP contribution in [0.15, 0.2) is 24.4 Å². The minimum Gasteiger partial charge on any atom is -0.340 e. The normalized spacial score (nSPS) is 12.2. The highest BCUT2D eigenvalue weighted by Gasteiger charge is 2.11. The van der Waals surface area contributed by atoms with Gasteiger partial charge in [0.05, 0.1) is 12.2 Å². The van der Waals surface area contributed by atoms with Gasteiger partial charge in [-0.3, -0.25) is 9.78 Å². The van der Waals surface area contributed by atoms with E-state index in [1.807, 2.05) is 25.2 Å². The molecular weight excluding hydrogens is 214 g/mol. The van der Waals surface area contributed by atoms with Crippen molar-refractivity contribution in [3.8, 4) is 0 Å². The van der Waals surface area contributed by atoms with Gasteiger partial charge >= 0.3 is 0 Å². The number of nitrogens with zero attached hydrogens (tertiary/aromatic N) is 2. The minimum absolute atomic E-state index is 0.149. The van der Waals surface area contributed by atoms with Crippen LogP contribution in [0, 0.1) is 5.92 Å². The first-order valence-corrected chi connectivity index (χ1v) is 5.97. The standard InChI is InChI=1S/C13H21N3O/c1-11(9-14)6-7-13(17)16(2)10-12-5-3-4-8-15-12/h3-5,8,11H,6-7,9-10,14H2,1-2H3. The van der Waals surface area contributed by atoms with Crippen molar-refractivity contribution in [3.63, 3.8) is 0 Å². The van der Waals surface area contributed by atoms with E-state index >= 15 is 0 Å². The lowest BCUT2D eigenvalue weighted by Crippen LogP contribution is -2.27. The van der Waals surface area contributed by atoms with E-state index in [0.717, 1.165) is 12.1 Å². The second-order valence-corrected chi connectivity index (χ2v) is 4.45. The summed E-state index contributed by atoms with van der Waals surface area (Å²) in [6.45, 7) is 3.26. The summed E-state index contributed by atoms with van der Waals surface area (Å²) in [5.41, 5.74) is 6.44. The molecule has 2 N–H and O–H groups in total. The maximum Gasteiger partial charge on any atom is 0.222 e. The van der Waals surface area contributed by atoms with Crippen LogP contribution in [0.4, 0.5) is 0 Å². The van der Waals surface area contributed by atoms with Gasteiger partial charge in [-0.25, -0.2) is 0 Å². The van der Waals surface area contributed by atoms with Crippen LogP contribution in [0.2, 0.25) is 0 Å². The lowest BCUT2D eigenvalue weighted by Gasteiger charge is -2.17. The molecule has 0 aliphatic carbocycles. The number of nitrogens with two attached hydrogens (primary N) is 1. The maximum atomic E-state index is 11.8. The summed E-state index contributed by atoms with van der Waals surface area (Å²) in [7, 11) is 1.81. The lowest BCUT2D eigenvalue weighted by molar-refractivity contribution is -0.130. The van der Waals surface area contributed by atoms with Crippen LogP contribution in [0.1, 0.15) is 25.5 Å². The molecule has 0 aliphatic heterocycles. The van der Waals surface area contributed by atoms with Gasteiger partial charge in [0.2, 0.25) is 5.91 Å². The summed E-state index contributed by atoms with van der Waals surface area (Å²) in [5.74, 6) is 0.554. The van der Waals surface area contributed by atoms with E-state index in [1.54, 1.807) is 11.1 Å². The summed E-state index contributed by atoms with van der Waals surface area (Å²) in [5, 5.41) is 0. The maximum absolute atomic E-state index is 11.8. The Kier molecular flexibility index (Phi) is 5.63. The third-order valence-corrected chi connectivity index (χ3v) is 2.80. The molecule has 0 aromatic carbocycles. The van der Waals surface area contributed by atoms with Crippen LogP contribution in [0.5, 0.6) is 0 Å². The summed E-state index contributed by atoms with van der Waals surface area (Å²) >= 11 is 0. The first-order chi connectivity index (χ1) is 8.13. The largest absolute Gasteiger partial charge is 0.340 e. The SMILES string of the molecule is CC(CN)CCC(=O)N(C)Cc1ccccn1. The number of carbonyl (C=O) groups excluding carboxylic acids is 1. The van der Waals surface area contributed by atoms with Crippen LogP contribution >= 0.6 is 0 Å². The van der Waals surface area contributed by atoms with Gasteiger partial charge in [0.25, 0.3) is 0 Å². The molecule has 1 atom stereocenters. The molecular formula is C13H21N3O. The Morgan fingerprint density at radius 1 is 1.53 bits per heavy atom. The smallest absolute Gasteiger partial charge is 0.222 e. The molecule has 94 valence electrons. The average molecular weight is 235 g/mol. The predicted octanol–water partition coefficient (Wildman–Crippen LogP) is 1.41. The fourth-order valence-electron chi connectivity index (χ4n) is 1.50. The molecule has 0 saturated heterocycles. The van der Waals surface area contributed by atoms with Crippen molar-refractivity contribution in [1.82, 2.24) is 9.88 Å². The fraction of sp³-hybridized carbons (Fsp3) is 0.538. The number of carbonyl (C=O) groups is 1. The predicted molar refractivity (Wildman–Crippen MR) is 68.2 cm³/mol. The fourth-order valence-corrected chi connectivity index (χ4v) is 1.50. The third-order valence-electron chi connectivity index (χ3n) is 2.80. The quantitative estimate of drug-likeness (QED) is 0.811. The molecule has 0 radical (unpaired) electrons. The van der Waals surface area contributed by atoms with Gasteiger partial charge in [-0.1, -0.05) is 13.0 Å². The van der Waals surface area contributed by atoms with Gasteiger partial charge in [0, 0.05) is 19.7 Å². The Labute approximate surface area is 103 Å².